The van der Waals surface area contributed by atoms with E-state index >= 15 is 0 Å². The number of rotatable bonds is 8. The van der Waals surface area contributed by atoms with Gasteiger partial charge in [0.2, 0.25) is 0 Å². The summed E-state index contributed by atoms with van der Waals surface area (Å²) in [5, 5.41) is 0. The van der Waals surface area contributed by atoms with Crippen LogP contribution >= 0.6 is 0 Å². The molecule has 3 aromatic rings. The molecule has 15 heteroatoms. The highest BCUT2D eigenvalue weighted by molar-refractivity contribution is 6.76. The summed E-state index contributed by atoms with van der Waals surface area (Å²) in [5.41, 5.74) is -0.755. The molecule has 1 fully saturated rings. The molecule has 3 amide bonds. The van der Waals surface area contributed by atoms with Crippen LogP contribution in [0, 0.1) is 6.92 Å². The van der Waals surface area contributed by atoms with Crippen molar-refractivity contribution in [1.29, 1.82) is 0 Å². The molecule has 0 aromatic carbocycles. The number of hydrogen-bond donors (Lipinski definition) is 0. The standard InChI is InChI=1S/C31H40F3N7O4Si/c1-20-16-22(31(32,33)34)17-25(36-20)41-23(18-40(28(41)42)29(43)45-30(2,3)4)27-35-11-13-39(27)24-9-8-21-10-12-38(26(21)37-24)19-44-14-15-46(5,6)7/h8-9,11,13,16-17,23H,10,12,14-15,18-19H2,1-7H3/t23-/m0/s1. The summed E-state index contributed by atoms with van der Waals surface area (Å²) in [6.07, 6.45) is -1.61. The van der Waals surface area contributed by atoms with E-state index in [1.54, 1.807) is 31.5 Å². The summed E-state index contributed by atoms with van der Waals surface area (Å²) < 4.78 is 54.6. The maximum Gasteiger partial charge on any atom is 0.418 e. The summed E-state index contributed by atoms with van der Waals surface area (Å²) in [6, 6.07) is 4.70. The summed E-state index contributed by atoms with van der Waals surface area (Å²) in [7, 11) is -1.24. The third kappa shape index (κ3) is 7.35. The van der Waals surface area contributed by atoms with Gasteiger partial charge in [-0.05, 0) is 63.9 Å². The number of halogens is 3. The first kappa shape index (κ1) is 33.4. The molecule has 0 saturated carbocycles. The van der Waals surface area contributed by atoms with Gasteiger partial charge in [0.05, 0.1) is 12.1 Å². The van der Waals surface area contributed by atoms with Gasteiger partial charge in [0, 0.05) is 39.3 Å². The molecular weight excluding hydrogens is 619 g/mol. The number of carbonyl (C=O) groups excluding carboxylic acids is 2. The van der Waals surface area contributed by atoms with E-state index < -0.39 is 43.6 Å². The largest absolute Gasteiger partial charge is 0.443 e. The predicted octanol–water partition coefficient (Wildman–Crippen LogP) is 6.58. The van der Waals surface area contributed by atoms with Gasteiger partial charge in [0.15, 0.2) is 0 Å². The maximum absolute atomic E-state index is 13.8. The molecule has 3 aromatic heterocycles. The van der Waals surface area contributed by atoms with Crippen LogP contribution in [0.1, 0.15) is 49.5 Å². The van der Waals surface area contributed by atoms with Crippen molar-refractivity contribution in [1.82, 2.24) is 24.4 Å². The molecule has 0 unspecified atom stereocenters. The number of pyridine rings is 2. The van der Waals surface area contributed by atoms with Crippen LogP contribution in [0.25, 0.3) is 5.82 Å². The number of alkyl halides is 3. The van der Waals surface area contributed by atoms with Gasteiger partial charge in [-0.1, -0.05) is 25.7 Å². The lowest BCUT2D eigenvalue weighted by Gasteiger charge is -2.24. The van der Waals surface area contributed by atoms with Gasteiger partial charge in [0.1, 0.15) is 41.7 Å². The fourth-order valence-electron chi connectivity index (χ4n) is 5.32. The molecule has 11 nitrogen and oxygen atoms in total. The number of aromatic nitrogens is 4. The van der Waals surface area contributed by atoms with Gasteiger partial charge in [-0.2, -0.15) is 13.2 Å². The van der Waals surface area contributed by atoms with Crippen molar-refractivity contribution in [2.45, 2.75) is 77.6 Å². The zero-order valence-electron chi connectivity index (χ0n) is 27.2. The highest BCUT2D eigenvalue weighted by atomic mass is 28.3. The van der Waals surface area contributed by atoms with Gasteiger partial charge >= 0.3 is 18.3 Å². The smallest absolute Gasteiger partial charge is 0.418 e. The van der Waals surface area contributed by atoms with Crippen molar-refractivity contribution in [2.24, 2.45) is 0 Å². The Hall–Kier alpha value is -3.98. The molecule has 0 bridgehead atoms. The number of imidazole rings is 1. The Morgan fingerprint density at radius 2 is 1.83 bits per heavy atom. The first-order valence-corrected chi connectivity index (χ1v) is 18.9. The zero-order chi connectivity index (χ0) is 33.6. The molecule has 0 spiro atoms. The summed E-state index contributed by atoms with van der Waals surface area (Å²) in [4.78, 5) is 44.6. The van der Waals surface area contributed by atoms with E-state index in [1.807, 2.05) is 12.1 Å². The van der Waals surface area contributed by atoms with E-state index in [9.17, 15) is 22.8 Å². The van der Waals surface area contributed by atoms with Crippen LogP contribution < -0.4 is 9.80 Å². The zero-order valence-corrected chi connectivity index (χ0v) is 28.2. The topological polar surface area (TPSA) is 106 Å². The normalized spacial score (nSPS) is 17.2. The first-order valence-electron chi connectivity index (χ1n) is 15.2. The van der Waals surface area contributed by atoms with Crippen molar-refractivity contribution in [3.8, 4) is 5.82 Å². The maximum atomic E-state index is 13.8. The summed E-state index contributed by atoms with van der Waals surface area (Å²) in [6.45, 7) is 14.9. The highest BCUT2D eigenvalue weighted by Crippen LogP contribution is 2.38. The second-order valence-corrected chi connectivity index (χ2v) is 19.4. The lowest BCUT2D eigenvalue weighted by Crippen LogP contribution is -2.40. The van der Waals surface area contributed by atoms with Gasteiger partial charge < -0.3 is 14.4 Å². The number of imide groups is 1. The molecule has 46 heavy (non-hydrogen) atoms. The quantitative estimate of drug-likeness (QED) is 0.197. The second kappa shape index (κ2) is 12.3. The number of aryl methyl sites for hydroxylation is 1. The number of hydrogen-bond acceptors (Lipinski definition) is 8. The van der Waals surface area contributed by atoms with Crippen LogP contribution in [0.15, 0.2) is 36.7 Å². The molecule has 0 radical (unpaired) electrons. The lowest BCUT2D eigenvalue weighted by molar-refractivity contribution is -0.137. The number of amides is 3. The van der Waals surface area contributed by atoms with Gasteiger partial charge in [-0.3, -0.25) is 9.47 Å². The van der Waals surface area contributed by atoms with Gasteiger partial charge in [-0.15, -0.1) is 0 Å². The van der Waals surface area contributed by atoms with Crippen LogP contribution in [0.3, 0.4) is 0 Å². The molecule has 2 aliphatic heterocycles. The average Bonchev–Trinajstić information content (AvgIpc) is 3.65. The summed E-state index contributed by atoms with van der Waals surface area (Å²) in [5.74, 6) is 1.30. The lowest BCUT2D eigenvalue weighted by atomic mass is 10.2. The Bertz CT molecular complexity index is 1620. The fourth-order valence-corrected chi connectivity index (χ4v) is 6.08. The van der Waals surface area contributed by atoms with E-state index in [1.165, 1.54) is 13.1 Å². The number of nitrogens with zero attached hydrogens (tertiary/aromatic N) is 7. The van der Waals surface area contributed by atoms with Gasteiger partial charge in [0.25, 0.3) is 0 Å². The Morgan fingerprint density at radius 3 is 2.50 bits per heavy atom. The molecule has 5 rings (SSSR count). The Labute approximate surface area is 267 Å². The molecule has 0 aliphatic carbocycles. The third-order valence-electron chi connectivity index (χ3n) is 7.58. The first-order chi connectivity index (χ1) is 21.4. The van der Waals surface area contributed by atoms with Crippen LogP contribution in [0.4, 0.5) is 34.4 Å². The minimum absolute atomic E-state index is 0.0582. The van der Waals surface area contributed by atoms with Crippen molar-refractivity contribution in [3.05, 3.63) is 59.3 Å². The SMILES string of the molecule is Cc1cc(C(F)(F)F)cc(N2C(=O)N(C(=O)OC(C)(C)C)C[C@H]2c2nccn2-c2ccc3c(n2)N(COCC[Si](C)(C)C)CC3)n1. The van der Waals surface area contributed by atoms with Gasteiger partial charge in [-0.25, -0.2) is 29.4 Å². The number of ether oxygens (including phenoxy) is 2. The average molecular weight is 660 g/mol. The number of anilines is 2. The summed E-state index contributed by atoms with van der Waals surface area (Å²) >= 11 is 0. The fraction of sp³-hybridized carbons (Fsp3) is 0.516. The van der Waals surface area contributed by atoms with E-state index in [4.69, 9.17) is 14.5 Å². The third-order valence-corrected chi connectivity index (χ3v) is 9.29. The Balaban J connectivity index is 1.50. The van der Waals surface area contributed by atoms with Crippen LogP contribution in [-0.4, -0.2) is 76.6 Å². The predicted molar refractivity (Wildman–Crippen MR) is 169 cm³/mol. The molecule has 1 atom stereocenters. The molecule has 2 aliphatic rings. The molecule has 248 valence electrons. The van der Waals surface area contributed by atoms with Crippen LogP contribution in [0.2, 0.25) is 25.7 Å². The molecule has 0 N–H and O–H groups in total. The molecule has 1 saturated heterocycles. The second-order valence-electron chi connectivity index (χ2n) is 13.8. The molecule has 5 heterocycles. The van der Waals surface area contributed by atoms with Crippen molar-refractivity contribution in [2.75, 3.05) is 36.2 Å². The van der Waals surface area contributed by atoms with Crippen molar-refractivity contribution in [3.63, 3.8) is 0 Å². The van der Waals surface area contributed by atoms with Crippen LogP contribution in [-0.2, 0) is 22.1 Å². The van der Waals surface area contributed by atoms with Crippen molar-refractivity contribution >= 4 is 31.8 Å². The van der Waals surface area contributed by atoms with E-state index in [-0.39, 0.29) is 18.1 Å². The van der Waals surface area contributed by atoms with Crippen molar-refractivity contribution < 1.29 is 32.2 Å². The van der Waals surface area contributed by atoms with E-state index in [0.717, 1.165) is 52.3 Å². The molecular formula is C31H40F3N7O4Si. The minimum atomic E-state index is -4.68. The number of carbonyl (C=O) groups is 2. The minimum Gasteiger partial charge on any atom is -0.443 e. The van der Waals surface area contributed by atoms with E-state index in [2.05, 4.69) is 34.5 Å². The Kier molecular flexibility index (Phi) is 8.94. The van der Waals surface area contributed by atoms with E-state index in [0.29, 0.717) is 25.0 Å². The van der Waals surface area contributed by atoms with Crippen LogP contribution in [0.5, 0.6) is 0 Å². The highest BCUT2D eigenvalue weighted by Gasteiger charge is 2.47. The Morgan fingerprint density at radius 1 is 1.09 bits per heavy atom. The number of fused-ring (bicyclic) bond motifs is 1. The monoisotopic (exact) mass is 659 g/mol. The number of urea groups is 1.